The largest absolute Gasteiger partial charge is 0.507 e. The van der Waals surface area contributed by atoms with Crippen LogP contribution in [-0.4, -0.2) is 28.4 Å². The lowest BCUT2D eigenvalue weighted by Gasteiger charge is -2.18. The van der Waals surface area contributed by atoms with Crippen molar-refractivity contribution in [2.75, 3.05) is 0 Å². The number of hydrogen-bond acceptors (Lipinski definition) is 4. The molecule has 1 N–H and O–H groups in total. The Labute approximate surface area is 105 Å². The number of benzene rings is 1. The van der Waals surface area contributed by atoms with Crippen LogP contribution in [-0.2, 0) is 4.74 Å². The van der Waals surface area contributed by atoms with E-state index < -0.39 is 11.7 Å². The van der Waals surface area contributed by atoms with Crippen molar-refractivity contribution in [1.82, 2.24) is 0 Å². The van der Waals surface area contributed by atoms with E-state index >= 15 is 0 Å². The van der Waals surface area contributed by atoms with Gasteiger partial charge in [-0.05, 0) is 12.5 Å². The molecule has 0 radical (unpaired) electrons. The summed E-state index contributed by atoms with van der Waals surface area (Å²) in [4.78, 5) is 24.6. The topological polar surface area (TPSA) is 66.9 Å². The average Bonchev–Trinajstić information content (AvgIpc) is 3.10. The summed E-state index contributed by atoms with van der Waals surface area (Å²) in [6.45, 7) is 2.03. The number of phenolic OH excluding ortho intramolecular Hbond substituents is 1. The van der Waals surface area contributed by atoms with Gasteiger partial charge < -0.3 is 9.84 Å². The van der Waals surface area contributed by atoms with Crippen molar-refractivity contribution in [2.45, 2.75) is 37.9 Å². The molecule has 0 aromatic heterocycles. The lowest BCUT2D eigenvalue weighted by molar-refractivity contribution is 0.0849. The number of ether oxygens (including phenoxy) is 1. The number of fused-ring (bicyclic) bond motifs is 2. The lowest BCUT2D eigenvalue weighted by Crippen LogP contribution is -2.36. The minimum Gasteiger partial charge on any atom is -0.507 e. The molecule has 94 valence electrons. The molecule has 2 unspecified atom stereocenters. The first-order valence-electron chi connectivity index (χ1n) is 6.20. The maximum atomic E-state index is 12.4. The predicted octanol–water partition coefficient (Wildman–Crippen LogP) is 2.10. The van der Waals surface area contributed by atoms with Crippen LogP contribution in [0.5, 0.6) is 5.75 Å². The minimum atomic E-state index is -0.937. The summed E-state index contributed by atoms with van der Waals surface area (Å²) >= 11 is 0. The van der Waals surface area contributed by atoms with Crippen LogP contribution in [0.3, 0.4) is 0 Å². The fourth-order valence-corrected chi connectivity index (χ4v) is 2.70. The van der Waals surface area contributed by atoms with Crippen molar-refractivity contribution in [1.29, 1.82) is 0 Å². The second kappa shape index (κ2) is 3.65. The van der Waals surface area contributed by atoms with Crippen molar-refractivity contribution in [3.63, 3.8) is 0 Å². The molecule has 18 heavy (non-hydrogen) atoms. The molecule has 3 rings (SSSR count). The van der Waals surface area contributed by atoms with Crippen LogP contribution in [0, 0.1) is 0 Å². The van der Waals surface area contributed by atoms with Gasteiger partial charge in [0.25, 0.3) is 0 Å². The fourth-order valence-electron chi connectivity index (χ4n) is 2.70. The molecule has 1 aliphatic carbocycles. The van der Waals surface area contributed by atoms with Crippen molar-refractivity contribution in [3.8, 4) is 5.75 Å². The van der Waals surface area contributed by atoms with Crippen LogP contribution in [0.2, 0.25) is 0 Å². The van der Waals surface area contributed by atoms with Crippen LogP contribution in [0.25, 0.3) is 0 Å². The molecule has 1 fully saturated rings. The number of ketones is 2. The van der Waals surface area contributed by atoms with Gasteiger partial charge in [0.1, 0.15) is 5.75 Å². The van der Waals surface area contributed by atoms with Gasteiger partial charge in [-0.25, -0.2) is 0 Å². The van der Waals surface area contributed by atoms with Gasteiger partial charge in [-0.1, -0.05) is 31.9 Å². The molecule has 0 spiro atoms. The molecule has 4 heteroatoms. The molecule has 1 heterocycles. The van der Waals surface area contributed by atoms with Crippen LogP contribution in [0.1, 0.15) is 46.9 Å². The number of carbonyl (C=O) groups is 2. The molecule has 0 saturated carbocycles. The Morgan fingerprint density at radius 1 is 1.39 bits per heavy atom. The van der Waals surface area contributed by atoms with Crippen LogP contribution < -0.4 is 0 Å². The van der Waals surface area contributed by atoms with E-state index in [1.807, 2.05) is 6.92 Å². The van der Waals surface area contributed by atoms with Gasteiger partial charge in [0.05, 0.1) is 5.56 Å². The van der Waals surface area contributed by atoms with Gasteiger partial charge in [0.15, 0.2) is 23.3 Å². The molecule has 2 atom stereocenters. The quantitative estimate of drug-likeness (QED) is 0.829. The van der Waals surface area contributed by atoms with Gasteiger partial charge in [0.2, 0.25) is 0 Å². The molecular weight excluding hydrogens is 232 g/mol. The molecule has 1 aromatic rings. The van der Waals surface area contributed by atoms with Crippen LogP contribution in [0.4, 0.5) is 0 Å². The van der Waals surface area contributed by atoms with E-state index in [0.29, 0.717) is 12.0 Å². The number of carbonyl (C=O) groups excluding carboxylic acids is 2. The third-order valence-electron chi connectivity index (χ3n) is 3.75. The number of unbranched alkanes of at least 4 members (excludes halogenated alkanes) is 1. The zero-order valence-corrected chi connectivity index (χ0v) is 10.1. The Morgan fingerprint density at radius 3 is 2.89 bits per heavy atom. The van der Waals surface area contributed by atoms with Gasteiger partial charge >= 0.3 is 0 Å². The van der Waals surface area contributed by atoms with Gasteiger partial charge in [-0.3, -0.25) is 9.59 Å². The van der Waals surface area contributed by atoms with E-state index in [1.165, 1.54) is 6.07 Å². The van der Waals surface area contributed by atoms with E-state index in [9.17, 15) is 14.7 Å². The standard InChI is InChI=1S/C14H14O4/c1-2-3-7-14-12(17)8-5-4-6-9(15)10(8)11(16)13(14)18-14/h4-6,13,15H,2-3,7H2,1H3. The van der Waals surface area contributed by atoms with E-state index in [2.05, 4.69) is 0 Å². The van der Waals surface area contributed by atoms with Gasteiger partial charge in [-0.15, -0.1) is 0 Å². The monoisotopic (exact) mass is 246 g/mol. The van der Waals surface area contributed by atoms with E-state index in [0.717, 1.165) is 12.8 Å². The van der Waals surface area contributed by atoms with Gasteiger partial charge in [-0.2, -0.15) is 0 Å². The Kier molecular flexibility index (Phi) is 2.32. The average molecular weight is 246 g/mol. The predicted molar refractivity (Wildman–Crippen MR) is 63.9 cm³/mol. The summed E-state index contributed by atoms with van der Waals surface area (Å²) in [7, 11) is 0. The first-order valence-corrected chi connectivity index (χ1v) is 6.20. The van der Waals surface area contributed by atoms with Crippen LogP contribution >= 0.6 is 0 Å². The molecule has 1 aromatic carbocycles. The Morgan fingerprint density at radius 2 is 2.17 bits per heavy atom. The number of phenols is 1. The third kappa shape index (κ3) is 1.29. The molecule has 4 nitrogen and oxygen atoms in total. The lowest BCUT2D eigenvalue weighted by atomic mass is 9.79. The molecule has 0 bridgehead atoms. The first-order chi connectivity index (χ1) is 8.62. The second-order valence-electron chi connectivity index (χ2n) is 4.88. The number of Topliss-reactive ketones (excluding diaryl/α,β-unsaturated/α-hetero) is 2. The summed E-state index contributed by atoms with van der Waals surface area (Å²) < 4.78 is 5.42. The Hall–Kier alpha value is -1.68. The molecule has 1 aliphatic heterocycles. The maximum absolute atomic E-state index is 12.4. The number of rotatable bonds is 3. The summed E-state index contributed by atoms with van der Waals surface area (Å²) in [5.41, 5.74) is -0.518. The van der Waals surface area contributed by atoms with Gasteiger partial charge in [0, 0.05) is 5.56 Å². The fraction of sp³-hybridized carbons (Fsp3) is 0.429. The number of epoxide rings is 1. The molecule has 1 saturated heterocycles. The molecular formula is C14H14O4. The molecule has 0 amide bonds. The van der Waals surface area contributed by atoms with Crippen LogP contribution in [0.15, 0.2) is 18.2 Å². The SMILES string of the molecule is CCCCC12OC1C(=O)c1c(O)cccc1C2=O. The number of aromatic hydroxyl groups is 1. The van der Waals surface area contributed by atoms with Crippen molar-refractivity contribution >= 4 is 11.6 Å². The number of hydrogen-bond donors (Lipinski definition) is 1. The Balaban J connectivity index is 2.06. The highest BCUT2D eigenvalue weighted by atomic mass is 16.6. The van der Waals surface area contributed by atoms with Crippen molar-refractivity contribution < 1.29 is 19.4 Å². The second-order valence-corrected chi connectivity index (χ2v) is 4.88. The first kappa shape index (κ1) is 11.4. The highest BCUT2D eigenvalue weighted by molar-refractivity contribution is 6.23. The third-order valence-corrected chi connectivity index (χ3v) is 3.75. The van der Waals surface area contributed by atoms with E-state index in [-0.39, 0.29) is 22.9 Å². The highest BCUT2D eigenvalue weighted by Crippen LogP contribution is 2.50. The summed E-state index contributed by atoms with van der Waals surface area (Å²) in [6.07, 6.45) is 1.70. The molecule has 2 aliphatic rings. The maximum Gasteiger partial charge on any atom is 0.199 e. The normalized spacial score (nSPS) is 28.8. The van der Waals surface area contributed by atoms with Crippen molar-refractivity contribution in [3.05, 3.63) is 29.3 Å². The highest BCUT2D eigenvalue weighted by Gasteiger charge is 2.68. The van der Waals surface area contributed by atoms with Crippen molar-refractivity contribution in [2.24, 2.45) is 0 Å². The zero-order valence-electron chi connectivity index (χ0n) is 10.1. The Bertz CT molecular complexity index is 549. The smallest absolute Gasteiger partial charge is 0.199 e. The van der Waals surface area contributed by atoms with E-state index in [1.54, 1.807) is 12.1 Å². The summed E-state index contributed by atoms with van der Waals surface area (Å²) in [5, 5.41) is 9.71. The van der Waals surface area contributed by atoms with E-state index in [4.69, 9.17) is 4.74 Å². The summed E-state index contributed by atoms with van der Waals surface area (Å²) in [5.74, 6) is -0.560. The summed E-state index contributed by atoms with van der Waals surface area (Å²) in [6, 6.07) is 4.59. The zero-order chi connectivity index (χ0) is 12.9. The minimum absolute atomic E-state index is 0.122.